The van der Waals surface area contributed by atoms with Crippen LogP contribution in [0.15, 0.2) is 65.8 Å². The van der Waals surface area contributed by atoms with Crippen molar-refractivity contribution in [1.82, 2.24) is 15.6 Å². The zero-order valence-electron chi connectivity index (χ0n) is 21.5. The van der Waals surface area contributed by atoms with E-state index in [0.29, 0.717) is 38.3 Å². The summed E-state index contributed by atoms with van der Waals surface area (Å²) in [6.45, 7) is 2.06. The van der Waals surface area contributed by atoms with Gasteiger partial charge in [-0.25, -0.2) is 5.43 Å². The van der Waals surface area contributed by atoms with Crippen LogP contribution in [-0.2, 0) is 17.8 Å². The molecule has 0 saturated heterocycles. The van der Waals surface area contributed by atoms with E-state index >= 15 is 0 Å². The molecular weight excluding hydrogens is 643 g/mol. The summed E-state index contributed by atoms with van der Waals surface area (Å²) >= 11 is 3.25. The molecule has 0 atom stereocenters. The maximum atomic E-state index is 12.5. The zero-order chi connectivity index (χ0) is 28.5. The SMILES string of the molecule is COc1cc(C=NNC(=O)Cc2nnc(NC(=O)c3ccccc3C)s2)cc(I)c1OCc1ccccc1C#N. The Morgan fingerprint density at radius 2 is 1.93 bits per heavy atom. The molecule has 0 aliphatic rings. The second kappa shape index (κ2) is 13.6. The number of rotatable bonds is 10. The number of halogens is 1. The van der Waals surface area contributed by atoms with Crippen molar-refractivity contribution in [2.45, 2.75) is 20.0 Å². The van der Waals surface area contributed by atoms with Gasteiger partial charge in [-0.2, -0.15) is 10.4 Å². The first-order valence-electron chi connectivity index (χ1n) is 11.9. The second-order valence-electron chi connectivity index (χ2n) is 8.33. The molecule has 2 N–H and O–H groups in total. The number of carbonyl (C=O) groups is 2. The van der Waals surface area contributed by atoms with Crippen LogP contribution >= 0.6 is 33.9 Å². The number of carbonyl (C=O) groups excluding carboxylic acids is 2. The van der Waals surface area contributed by atoms with Crippen LogP contribution in [0.2, 0.25) is 0 Å². The maximum Gasteiger partial charge on any atom is 0.257 e. The Morgan fingerprint density at radius 1 is 1.15 bits per heavy atom. The van der Waals surface area contributed by atoms with Crippen molar-refractivity contribution >= 4 is 57.1 Å². The van der Waals surface area contributed by atoms with E-state index in [1.807, 2.05) is 37.3 Å². The minimum absolute atomic E-state index is 0.0486. The van der Waals surface area contributed by atoms with Crippen LogP contribution in [0.4, 0.5) is 5.13 Å². The number of nitrogens with zero attached hydrogens (tertiary/aromatic N) is 4. The van der Waals surface area contributed by atoms with Crippen molar-refractivity contribution < 1.29 is 19.1 Å². The van der Waals surface area contributed by atoms with Crippen molar-refractivity contribution in [3.05, 3.63) is 97.1 Å². The highest BCUT2D eigenvalue weighted by Gasteiger charge is 2.15. The van der Waals surface area contributed by atoms with Gasteiger partial charge in [0.2, 0.25) is 11.0 Å². The van der Waals surface area contributed by atoms with E-state index in [0.717, 1.165) is 26.0 Å². The van der Waals surface area contributed by atoms with Gasteiger partial charge in [0.15, 0.2) is 11.5 Å². The standard InChI is InChI=1S/C28H23IN6O4S/c1-17-7-3-6-10-21(17)27(37)32-28-35-34-25(40-28)13-24(36)33-31-15-18-11-22(29)26(23(12-18)38-2)39-16-20-9-5-4-8-19(20)14-30/h3-12,15H,13,16H2,1-2H3,(H,33,36)(H,32,35,37). The molecule has 10 nitrogen and oxygen atoms in total. The Morgan fingerprint density at radius 3 is 2.70 bits per heavy atom. The number of hydrogen-bond donors (Lipinski definition) is 2. The highest BCUT2D eigenvalue weighted by molar-refractivity contribution is 14.1. The summed E-state index contributed by atoms with van der Waals surface area (Å²) in [5.41, 5.74) is 5.86. The van der Waals surface area contributed by atoms with E-state index in [-0.39, 0.29) is 24.8 Å². The van der Waals surface area contributed by atoms with Gasteiger partial charge in [0.25, 0.3) is 5.91 Å². The average Bonchev–Trinajstić information content (AvgIpc) is 3.38. The van der Waals surface area contributed by atoms with Gasteiger partial charge < -0.3 is 9.47 Å². The number of amides is 2. The Labute approximate surface area is 248 Å². The third kappa shape index (κ3) is 7.39. The number of hydrogen-bond acceptors (Lipinski definition) is 9. The molecule has 40 heavy (non-hydrogen) atoms. The fourth-order valence-electron chi connectivity index (χ4n) is 3.58. The normalized spacial score (nSPS) is 10.7. The number of methoxy groups -OCH3 is 1. The first-order valence-corrected chi connectivity index (χ1v) is 13.8. The molecule has 3 aromatic carbocycles. The van der Waals surface area contributed by atoms with Crippen LogP contribution in [-0.4, -0.2) is 35.3 Å². The van der Waals surface area contributed by atoms with Crippen molar-refractivity contribution in [3.63, 3.8) is 0 Å². The third-order valence-corrected chi connectivity index (χ3v) is 7.19. The van der Waals surface area contributed by atoms with Gasteiger partial charge in [-0.15, -0.1) is 10.2 Å². The molecule has 0 radical (unpaired) electrons. The van der Waals surface area contributed by atoms with Gasteiger partial charge in [-0.1, -0.05) is 47.7 Å². The highest BCUT2D eigenvalue weighted by atomic mass is 127. The number of hydrazone groups is 1. The minimum Gasteiger partial charge on any atom is -0.493 e. The van der Waals surface area contributed by atoms with Crippen LogP contribution in [0, 0.1) is 21.8 Å². The van der Waals surface area contributed by atoms with E-state index < -0.39 is 0 Å². The van der Waals surface area contributed by atoms with Crippen LogP contribution in [0.1, 0.15) is 37.6 Å². The second-order valence-corrected chi connectivity index (χ2v) is 10.6. The molecule has 4 rings (SSSR count). The predicted molar refractivity (Wildman–Crippen MR) is 160 cm³/mol. The number of anilines is 1. The molecule has 0 aliphatic carbocycles. The molecule has 0 unspecified atom stereocenters. The summed E-state index contributed by atoms with van der Waals surface area (Å²) < 4.78 is 12.2. The van der Waals surface area contributed by atoms with Crippen molar-refractivity contribution in [3.8, 4) is 17.6 Å². The van der Waals surface area contributed by atoms with E-state index in [1.165, 1.54) is 13.3 Å². The molecular formula is C28H23IN6O4S. The largest absolute Gasteiger partial charge is 0.493 e. The number of benzene rings is 3. The van der Waals surface area contributed by atoms with Crippen molar-refractivity contribution in [1.29, 1.82) is 5.26 Å². The lowest BCUT2D eigenvalue weighted by Crippen LogP contribution is -2.19. The number of aromatic nitrogens is 2. The van der Waals surface area contributed by atoms with E-state index in [4.69, 9.17) is 9.47 Å². The molecule has 12 heteroatoms. The Hall–Kier alpha value is -4.35. The molecule has 202 valence electrons. The van der Waals surface area contributed by atoms with Gasteiger partial charge >= 0.3 is 0 Å². The maximum absolute atomic E-state index is 12.5. The van der Waals surface area contributed by atoms with Crippen molar-refractivity contribution in [2.75, 3.05) is 12.4 Å². The summed E-state index contributed by atoms with van der Waals surface area (Å²) in [4.78, 5) is 24.8. The molecule has 0 bridgehead atoms. The predicted octanol–water partition coefficient (Wildman–Crippen LogP) is 4.86. The fourth-order valence-corrected chi connectivity index (χ4v) is 5.10. The van der Waals surface area contributed by atoms with E-state index in [2.05, 4.69) is 54.7 Å². The molecule has 1 aromatic heterocycles. The number of aryl methyl sites for hydroxylation is 1. The van der Waals surface area contributed by atoms with Crippen LogP contribution in [0.25, 0.3) is 0 Å². The van der Waals surface area contributed by atoms with Gasteiger partial charge in [-0.05, 0) is 64.9 Å². The summed E-state index contributed by atoms with van der Waals surface area (Å²) in [5, 5.41) is 24.7. The van der Waals surface area contributed by atoms with Gasteiger partial charge in [0, 0.05) is 11.1 Å². The fraction of sp³-hybridized carbons (Fsp3) is 0.143. The molecule has 0 spiro atoms. The van der Waals surface area contributed by atoms with Crippen LogP contribution in [0.3, 0.4) is 0 Å². The minimum atomic E-state index is -0.387. The molecule has 0 aliphatic heterocycles. The summed E-state index contributed by atoms with van der Waals surface area (Å²) in [5.74, 6) is 0.354. The molecule has 1 heterocycles. The monoisotopic (exact) mass is 666 g/mol. The Bertz CT molecular complexity index is 1610. The summed E-state index contributed by atoms with van der Waals surface area (Å²) in [6.07, 6.45) is 1.44. The number of nitrogens with one attached hydrogen (secondary N) is 2. The van der Waals surface area contributed by atoms with Gasteiger partial charge in [0.1, 0.15) is 11.6 Å². The molecule has 4 aromatic rings. The highest BCUT2D eigenvalue weighted by Crippen LogP contribution is 2.34. The Kier molecular flexibility index (Phi) is 9.76. The smallest absolute Gasteiger partial charge is 0.257 e. The lowest BCUT2D eigenvalue weighted by molar-refractivity contribution is -0.120. The number of nitriles is 1. The Balaban J connectivity index is 1.33. The van der Waals surface area contributed by atoms with Gasteiger partial charge in [0.05, 0.1) is 34.9 Å². The van der Waals surface area contributed by atoms with E-state index in [1.54, 1.807) is 30.3 Å². The summed E-state index contributed by atoms with van der Waals surface area (Å²) in [7, 11) is 1.53. The average molecular weight is 667 g/mol. The van der Waals surface area contributed by atoms with Crippen LogP contribution in [0.5, 0.6) is 11.5 Å². The van der Waals surface area contributed by atoms with Crippen molar-refractivity contribution in [2.24, 2.45) is 5.10 Å². The van der Waals surface area contributed by atoms with E-state index in [9.17, 15) is 14.9 Å². The zero-order valence-corrected chi connectivity index (χ0v) is 24.4. The quantitative estimate of drug-likeness (QED) is 0.140. The summed E-state index contributed by atoms with van der Waals surface area (Å²) in [6, 6.07) is 20.2. The van der Waals surface area contributed by atoms with Crippen LogP contribution < -0.4 is 20.2 Å². The number of ether oxygens (including phenoxy) is 2. The lowest BCUT2D eigenvalue weighted by Gasteiger charge is -2.14. The lowest BCUT2D eigenvalue weighted by atomic mass is 10.1. The first-order chi connectivity index (χ1) is 19.4. The first kappa shape index (κ1) is 28.7. The topological polar surface area (TPSA) is 139 Å². The van der Waals surface area contributed by atoms with Gasteiger partial charge in [-0.3, -0.25) is 14.9 Å². The molecule has 0 fully saturated rings. The molecule has 2 amide bonds. The third-order valence-electron chi connectivity index (χ3n) is 5.55. The molecule has 0 saturated carbocycles.